The van der Waals surface area contributed by atoms with Crippen molar-refractivity contribution in [2.24, 2.45) is 5.92 Å². The standard InChI is InChI=1S/C16H23N3/c1-2-12-6-3-4-8-15(12)18-10-13-11-19-16-14(13)7-5-9-17-16/h5,7,9,11-12,15,18H,2-4,6,8,10H2,1H3,(H,17,19). The van der Waals surface area contributed by atoms with Gasteiger partial charge in [0.1, 0.15) is 5.65 Å². The molecule has 19 heavy (non-hydrogen) atoms. The van der Waals surface area contributed by atoms with Gasteiger partial charge in [-0.15, -0.1) is 0 Å². The van der Waals surface area contributed by atoms with E-state index in [1.165, 1.54) is 43.1 Å². The molecule has 2 unspecified atom stereocenters. The van der Waals surface area contributed by atoms with Crippen LogP contribution in [0.3, 0.4) is 0 Å². The van der Waals surface area contributed by atoms with Crippen LogP contribution in [0.1, 0.15) is 44.6 Å². The second-order valence-corrected chi connectivity index (χ2v) is 5.65. The van der Waals surface area contributed by atoms with E-state index in [0.717, 1.165) is 18.1 Å². The fourth-order valence-electron chi connectivity index (χ4n) is 3.37. The largest absolute Gasteiger partial charge is 0.346 e. The summed E-state index contributed by atoms with van der Waals surface area (Å²) in [6, 6.07) is 4.85. The topological polar surface area (TPSA) is 40.7 Å². The summed E-state index contributed by atoms with van der Waals surface area (Å²) in [5.41, 5.74) is 2.33. The van der Waals surface area contributed by atoms with Gasteiger partial charge >= 0.3 is 0 Å². The van der Waals surface area contributed by atoms with Crippen molar-refractivity contribution < 1.29 is 0 Å². The Bertz CT molecular complexity index is 532. The number of H-pyrrole nitrogens is 1. The summed E-state index contributed by atoms with van der Waals surface area (Å²) in [4.78, 5) is 7.59. The average Bonchev–Trinajstić information content (AvgIpc) is 2.89. The van der Waals surface area contributed by atoms with Gasteiger partial charge in [-0.05, 0) is 36.5 Å². The van der Waals surface area contributed by atoms with Crippen molar-refractivity contribution in [2.75, 3.05) is 0 Å². The van der Waals surface area contributed by atoms with Crippen LogP contribution in [0.2, 0.25) is 0 Å². The highest BCUT2D eigenvalue weighted by Crippen LogP contribution is 2.27. The third kappa shape index (κ3) is 2.66. The van der Waals surface area contributed by atoms with Crippen LogP contribution in [0, 0.1) is 5.92 Å². The first-order chi connectivity index (χ1) is 9.38. The second-order valence-electron chi connectivity index (χ2n) is 5.65. The summed E-state index contributed by atoms with van der Waals surface area (Å²) in [5.74, 6) is 0.858. The molecule has 0 aliphatic heterocycles. The van der Waals surface area contributed by atoms with E-state index in [-0.39, 0.29) is 0 Å². The zero-order valence-corrected chi connectivity index (χ0v) is 11.7. The Morgan fingerprint density at radius 3 is 3.16 bits per heavy atom. The van der Waals surface area contributed by atoms with Gasteiger partial charge in [0, 0.05) is 30.4 Å². The molecule has 3 nitrogen and oxygen atoms in total. The minimum Gasteiger partial charge on any atom is -0.346 e. The number of aromatic nitrogens is 2. The van der Waals surface area contributed by atoms with Crippen molar-refractivity contribution in [3.63, 3.8) is 0 Å². The fraction of sp³-hybridized carbons (Fsp3) is 0.562. The number of hydrogen-bond acceptors (Lipinski definition) is 2. The zero-order valence-electron chi connectivity index (χ0n) is 11.7. The van der Waals surface area contributed by atoms with Crippen LogP contribution in [0.4, 0.5) is 0 Å². The highest BCUT2D eigenvalue weighted by atomic mass is 14.9. The van der Waals surface area contributed by atoms with Gasteiger partial charge in [0.15, 0.2) is 0 Å². The summed E-state index contributed by atoms with van der Waals surface area (Å²) in [5, 5.41) is 5.02. The van der Waals surface area contributed by atoms with Gasteiger partial charge < -0.3 is 10.3 Å². The van der Waals surface area contributed by atoms with Crippen LogP contribution in [0.15, 0.2) is 24.5 Å². The predicted octanol–water partition coefficient (Wildman–Crippen LogP) is 3.62. The summed E-state index contributed by atoms with van der Waals surface area (Å²) >= 11 is 0. The molecule has 0 spiro atoms. The van der Waals surface area contributed by atoms with Crippen LogP contribution < -0.4 is 5.32 Å². The molecule has 1 fully saturated rings. The molecule has 102 valence electrons. The normalized spacial score (nSPS) is 23.8. The Balaban J connectivity index is 1.68. The Kier molecular flexibility index (Phi) is 3.83. The average molecular weight is 257 g/mol. The molecule has 3 heteroatoms. The molecule has 0 aromatic carbocycles. The van der Waals surface area contributed by atoms with E-state index in [4.69, 9.17) is 0 Å². The lowest BCUT2D eigenvalue weighted by atomic mass is 9.83. The molecule has 2 aromatic rings. The molecule has 1 aliphatic rings. The molecule has 2 aromatic heterocycles. The van der Waals surface area contributed by atoms with E-state index in [0.29, 0.717) is 6.04 Å². The smallest absolute Gasteiger partial charge is 0.137 e. The highest BCUT2D eigenvalue weighted by Gasteiger charge is 2.23. The maximum absolute atomic E-state index is 4.34. The summed E-state index contributed by atoms with van der Waals surface area (Å²) in [7, 11) is 0. The summed E-state index contributed by atoms with van der Waals surface area (Å²) in [6.45, 7) is 3.27. The lowest BCUT2D eigenvalue weighted by molar-refractivity contribution is 0.254. The van der Waals surface area contributed by atoms with Crippen LogP contribution in [0.25, 0.3) is 11.0 Å². The highest BCUT2D eigenvalue weighted by molar-refractivity contribution is 5.79. The van der Waals surface area contributed by atoms with Gasteiger partial charge in [0.05, 0.1) is 0 Å². The Morgan fingerprint density at radius 1 is 1.37 bits per heavy atom. The van der Waals surface area contributed by atoms with Crippen molar-refractivity contribution >= 4 is 11.0 Å². The number of nitrogens with zero attached hydrogens (tertiary/aromatic N) is 1. The van der Waals surface area contributed by atoms with Crippen LogP contribution in [-0.2, 0) is 6.54 Å². The van der Waals surface area contributed by atoms with Crippen LogP contribution in [-0.4, -0.2) is 16.0 Å². The number of nitrogens with one attached hydrogen (secondary N) is 2. The van der Waals surface area contributed by atoms with Gasteiger partial charge in [-0.25, -0.2) is 4.98 Å². The van der Waals surface area contributed by atoms with E-state index in [1.807, 2.05) is 12.3 Å². The summed E-state index contributed by atoms with van der Waals surface area (Å²) < 4.78 is 0. The molecule has 0 amide bonds. The predicted molar refractivity (Wildman–Crippen MR) is 79.0 cm³/mol. The van der Waals surface area contributed by atoms with E-state index in [1.54, 1.807) is 0 Å². The van der Waals surface area contributed by atoms with Gasteiger partial charge in [-0.1, -0.05) is 26.2 Å². The maximum atomic E-state index is 4.34. The first-order valence-corrected chi connectivity index (χ1v) is 7.53. The Morgan fingerprint density at radius 2 is 2.26 bits per heavy atom. The van der Waals surface area contributed by atoms with Crippen LogP contribution >= 0.6 is 0 Å². The molecule has 1 aliphatic carbocycles. The zero-order chi connectivity index (χ0) is 13.1. The van der Waals surface area contributed by atoms with Crippen molar-refractivity contribution in [1.29, 1.82) is 0 Å². The number of fused-ring (bicyclic) bond motifs is 1. The molecule has 1 saturated carbocycles. The van der Waals surface area contributed by atoms with Crippen molar-refractivity contribution in [3.8, 4) is 0 Å². The third-order valence-corrected chi connectivity index (χ3v) is 4.52. The Hall–Kier alpha value is -1.35. The number of hydrogen-bond donors (Lipinski definition) is 2. The molecule has 2 N–H and O–H groups in total. The van der Waals surface area contributed by atoms with Crippen molar-refractivity contribution in [2.45, 2.75) is 51.6 Å². The molecular formula is C16H23N3. The first kappa shape index (κ1) is 12.7. The Labute approximate surface area is 114 Å². The van der Waals surface area contributed by atoms with E-state index in [9.17, 15) is 0 Å². The molecule has 2 atom stereocenters. The number of rotatable bonds is 4. The number of pyridine rings is 1. The lowest BCUT2D eigenvalue weighted by Gasteiger charge is -2.31. The van der Waals surface area contributed by atoms with Gasteiger partial charge in [0.2, 0.25) is 0 Å². The first-order valence-electron chi connectivity index (χ1n) is 7.53. The SMILES string of the molecule is CCC1CCCCC1NCc1c[nH]c2ncccc12. The quantitative estimate of drug-likeness (QED) is 0.878. The number of aromatic amines is 1. The molecular weight excluding hydrogens is 234 g/mol. The minimum atomic E-state index is 0.695. The van der Waals surface area contributed by atoms with E-state index >= 15 is 0 Å². The second kappa shape index (κ2) is 5.74. The van der Waals surface area contributed by atoms with Crippen molar-refractivity contribution in [3.05, 3.63) is 30.1 Å². The minimum absolute atomic E-state index is 0.695. The lowest BCUT2D eigenvalue weighted by Crippen LogP contribution is -2.37. The molecule has 0 radical (unpaired) electrons. The van der Waals surface area contributed by atoms with Gasteiger partial charge in [-0.3, -0.25) is 0 Å². The fourth-order valence-corrected chi connectivity index (χ4v) is 3.37. The van der Waals surface area contributed by atoms with E-state index < -0.39 is 0 Å². The van der Waals surface area contributed by atoms with Crippen LogP contribution in [0.5, 0.6) is 0 Å². The third-order valence-electron chi connectivity index (χ3n) is 4.52. The monoisotopic (exact) mass is 257 g/mol. The van der Waals surface area contributed by atoms with Gasteiger partial charge in [-0.2, -0.15) is 0 Å². The van der Waals surface area contributed by atoms with E-state index in [2.05, 4.69) is 34.5 Å². The molecule has 0 saturated heterocycles. The summed E-state index contributed by atoms with van der Waals surface area (Å²) in [6.07, 6.45) is 10.7. The molecule has 2 heterocycles. The molecule has 0 bridgehead atoms. The maximum Gasteiger partial charge on any atom is 0.137 e. The van der Waals surface area contributed by atoms with Gasteiger partial charge in [0.25, 0.3) is 0 Å². The van der Waals surface area contributed by atoms with Crippen molar-refractivity contribution in [1.82, 2.24) is 15.3 Å². The molecule has 3 rings (SSSR count).